The monoisotopic (exact) mass is 151 g/mol. The Morgan fingerprint density at radius 1 is 0.750 bits per heavy atom. The Morgan fingerprint density at radius 3 is 0.750 bits per heavy atom. The van der Waals surface area contributed by atoms with Crippen LogP contribution in [0.5, 0.6) is 0 Å². The standard InChI is InChI=1S/Al.2BH3.Nb.3H/h;2*1H3;;;;. The van der Waals surface area contributed by atoms with Crippen molar-refractivity contribution in [1.29, 1.82) is 0 Å². The quantitative estimate of drug-likeness (QED) is 0.314. The Labute approximate surface area is 56.5 Å². The maximum atomic E-state index is 0. The van der Waals surface area contributed by atoms with Gasteiger partial charge in [0.05, 0.1) is 16.8 Å². The van der Waals surface area contributed by atoms with Crippen molar-refractivity contribution >= 4 is 34.2 Å². The fraction of sp³-hybridized carbons (Fsp3) is 0. The van der Waals surface area contributed by atoms with Gasteiger partial charge in [-0.3, -0.25) is 0 Å². The van der Waals surface area contributed by atoms with Gasteiger partial charge < -0.3 is 0 Å². The number of rotatable bonds is 0. The second kappa shape index (κ2) is 25.9. The number of hydrogen-bond donors (Lipinski definition) is 0. The van der Waals surface area contributed by atoms with E-state index in [9.17, 15) is 0 Å². The largest absolute Gasteiger partial charge is 0.187 e. The van der Waals surface area contributed by atoms with Crippen molar-refractivity contribution in [2.45, 2.75) is 0 Å². The molecule has 0 rings (SSSR count). The van der Waals surface area contributed by atoms with E-state index < -0.39 is 0 Å². The van der Waals surface area contributed by atoms with E-state index in [1.54, 1.807) is 0 Å². The summed E-state index contributed by atoms with van der Waals surface area (Å²) in [4.78, 5) is 0. The maximum Gasteiger partial charge on any atom is 0.187 e. The molecule has 0 amide bonds. The molecule has 0 aliphatic rings. The van der Waals surface area contributed by atoms with E-state index in [4.69, 9.17) is 0 Å². The van der Waals surface area contributed by atoms with Crippen LogP contribution in [-0.4, -0.2) is 34.2 Å². The van der Waals surface area contributed by atoms with Crippen molar-refractivity contribution in [3.63, 3.8) is 0 Å². The normalized spacial score (nSPS) is 0. The molecule has 0 saturated carbocycles. The summed E-state index contributed by atoms with van der Waals surface area (Å²) in [5, 5.41) is 0. The summed E-state index contributed by atoms with van der Waals surface area (Å²) in [5.74, 6) is 0. The van der Waals surface area contributed by atoms with Gasteiger partial charge in [0, 0.05) is 22.4 Å². The summed E-state index contributed by atoms with van der Waals surface area (Å²) in [6.07, 6.45) is 0. The molecule has 0 N–H and O–H groups in total. The van der Waals surface area contributed by atoms with Crippen molar-refractivity contribution in [1.82, 2.24) is 0 Å². The molecule has 0 bridgehead atoms. The minimum absolute atomic E-state index is 0. The maximum absolute atomic E-state index is 0. The van der Waals surface area contributed by atoms with Gasteiger partial charge in [-0.2, -0.15) is 0 Å². The van der Waals surface area contributed by atoms with Gasteiger partial charge in [0.1, 0.15) is 0 Å². The van der Waals surface area contributed by atoms with Crippen LogP contribution >= 0.6 is 0 Å². The van der Waals surface area contributed by atoms with E-state index in [1.807, 2.05) is 0 Å². The summed E-state index contributed by atoms with van der Waals surface area (Å²) >= 11 is 0. The molecule has 0 spiro atoms. The topological polar surface area (TPSA) is 0 Å². The molecule has 0 aromatic rings. The third kappa shape index (κ3) is 9.98. The molecule has 4 heavy (non-hydrogen) atoms. The summed E-state index contributed by atoms with van der Waals surface area (Å²) in [7, 11) is 0. The molecule has 0 atom stereocenters. The van der Waals surface area contributed by atoms with Crippen LogP contribution in [-0.2, 0) is 22.4 Å². The first-order valence-electron chi connectivity index (χ1n) is 0. The van der Waals surface area contributed by atoms with Crippen LogP contribution in [0.15, 0.2) is 0 Å². The third-order valence-corrected chi connectivity index (χ3v) is 0. The van der Waals surface area contributed by atoms with Crippen molar-refractivity contribution in [3.05, 3.63) is 0 Å². The Hall–Kier alpha value is 1.40. The van der Waals surface area contributed by atoms with Crippen LogP contribution in [0.2, 0.25) is 0 Å². The predicted molar refractivity (Wildman–Crippen MR) is 29.8 cm³/mol. The summed E-state index contributed by atoms with van der Waals surface area (Å²) in [5.41, 5.74) is 0. The first-order valence-corrected chi connectivity index (χ1v) is 0. The van der Waals surface area contributed by atoms with Gasteiger partial charge in [0.2, 0.25) is 0 Å². The van der Waals surface area contributed by atoms with Gasteiger partial charge in [0.15, 0.2) is 17.4 Å². The van der Waals surface area contributed by atoms with Crippen molar-refractivity contribution in [2.24, 2.45) is 0 Å². The van der Waals surface area contributed by atoms with E-state index in [0.29, 0.717) is 0 Å². The zero-order valence-corrected chi connectivity index (χ0v) is 2.65. The van der Waals surface area contributed by atoms with E-state index in [1.165, 1.54) is 0 Å². The molecule has 0 aliphatic heterocycles. The molecule has 23 valence electrons. The SMILES string of the molecule is B.B.[AlH3].[Nb]. The van der Waals surface area contributed by atoms with Crippen LogP contribution in [0, 0.1) is 0 Å². The van der Waals surface area contributed by atoms with Crippen molar-refractivity contribution in [2.75, 3.05) is 0 Å². The smallest absolute Gasteiger partial charge is 0 e. The van der Waals surface area contributed by atoms with Crippen molar-refractivity contribution < 1.29 is 22.4 Å². The molecule has 0 aliphatic carbocycles. The summed E-state index contributed by atoms with van der Waals surface area (Å²) in [6, 6.07) is 0. The zero-order valence-electron chi connectivity index (χ0n) is 0.447. The fourth-order valence-electron chi connectivity index (χ4n) is 0. The van der Waals surface area contributed by atoms with Crippen LogP contribution in [0.4, 0.5) is 0 Å². The van der Waals surface area contributed by atoms with Gasteiger partial charge in [-0.05, 0) is 0 Å². The Bertz CT molecular complexity index is 6.00. The van der Waals surface area contributed by atoms with Gasteiger partial charge in [-0.25, -0.2) is 0 Å². The average molecular weight is 151 g/mol. The van der Waals surface area contributed by atoms with Gasteiger partial charge >= 0.3 is 0 Å². The first kappa shape index (κ1) is 53.2. The molecular formula is H9AlB2Nb. The molecule has 0 fully saturated rings. The minimum atomic E-state index is 0. The molecule has 0 unspecified atom stereocenters. The second-order valence-corrected chi connectivity index (χ2v) is 0. The molecule has 4 heteroatoms. The summed E-state index contributed by atoms with van der Waals surface area (Å²) < 4.78 is 0. The van der Waals surface area contributed by atoms with E-state index in [-0.39, 0.29) is 56.6 Å². The van der Waals surface area contributed by atoms with Crippen molar-refractivity contribution in [3.8, 4) is 0 Å². The molecular weight excluding hydrogens is 142 g/mol. The fourth-order valence-corrected chi connectivity index (χ4v) is 0. The Kier molecular flexibility index (Phi) is 345. The Morgan fingerprint density at radius 2 is 0.750 bits per heavy atom. The predicted octanol–water partition coefficient (Wildman–Crippen LogP) is -3.55. The zero-order chi connectivity index (χ0) is 0. The van der Waals surface area contributed by atoms with Gasteiger partial charge in [0.25, 0.3) is 0 Å². The molecule has 0 heterocycles. The number of hydrogen-bond acceptors (Lipinski definition) is 0. The molecule has 0 aromatic carbocycles. The molecule has 0 nitrogen and oxygen atoms in total. The van der Waals surface area contributed by atoms with E-state index in [2.05, 4.69) is 0 Å². The third-order valence-electron chi connectivity index (χ3n) is 0. The van der Waals surface area contributed by atoms with Crippen LogP contribution in [0.25, 0.3) is 0 Å². The van der Waals surface area contributed by atoms with E-state index in [0.717, 1.165) is 0 Å². The Balaban J connectivity index is 0. The van der Waals surface area contributed by atoms with Crippen LogP contribution < -0.4 is 0 Å². The van der Waals surface area contributed by atoms with E-state index >= 15 is 0 Å². The first-order chi connectivity index (χ1) is 0. The molecule has 0 saturated heterocycles. The second-order valence-electron chi connectivity index (χ2n) is 0. The van der Waals surface area contributed by atoms with Crippen LogP contribution in [0.3, 0.4) is 0 Å². The molecule has 0 aromatic heterocycles. The summed E-state index contributed by atoms with van der Waals surface area (Å²) in [6.45, 7) is 0. The average Bonchev–Trinajstić information content (AvgIpc) is 0. The molecule has 1 radical (unpaired) electrons. The minimum Gasteiger partial charge on any atom is 0 e. The van der Waals surface area contributed by atoms with Gasteiger partial charge in [-0.1, -0.05) is 0 Å². The van der Waals surface area contributed by atoms with Gasteiger partial charge in [-0.15, -0.1) is 0 Å². The van der Waals surface area contributed by atoms with Crippen LogP contribution in [0.1, 0.15) is 0 Å².